The van der Waals surface area contributed by atoms with E-state index in [1.165, 1.54) is 19.3 Å². The number of carbonyl (C=O) groups is 2. The largest absolute Gasteiger partial charge is 0.462 e. The second-order valence-corrected chi connectivity index (χ2v) is 6.07. The number of anilines is 1. The van der Waals surface area contributed by atoms with E-state index in [1.54, 1.807) is 25.1 Å². The third kappa shape index (κ3) is 2.94. The summed E-state index contributed by atoms with van der Waals surface area (Å²) in [6.45, 7) is 2.12. The lowest BCUT2D eigenvalue weighted by Crippen LogP contribution is -2.27. The van der Waals surface area contributed by atoms with Crippen LogP contribution in [0.3, 0.4) is 0 Å². The summed E-state index contributed by atoms with van der Waals surface area (Å²) in [7, 11) is 0. The Hall–Kier alpha value is -1.84. The Bertz CT molecular complexity index is 555. The average molecular weight is 287 g/mol. The van der Waals surface area contributed by atoms with E-state index in [-0.39, 0.29) is 17.8 Å². The quantitative estimate of drug-likeness (QED) is 0.865. The lowest BCUT2D eigenvalue weighted by molar-refractivity contribution is -0.121. The van der Waals surface area contributed by atoms with Crippen LogP contribution in [0.15, 0.2) is 24.3 Å². The molecule has 4 heteroatoms. The van der Waals surface area contributed by atoms with Crippen LogP contribution in [0.5, 0.6) is 0 Å². The molecule has 2 fully saturated rings. The zero-order valence-corrected chi connectivity index (χ0v) is 12.3. The normalized spacial score (nSPS) is 26.6. The van der Waals surface area contributed by atoms with Gasteiger partial charge in [0.05, 0.1) is 12.2 Å². The van der Waals surface area contributed by atoms with Crippen molar-refractivity contribution in [3.63, 3.8) is 0 Å². The molecule has 2 aliphatic carbocycles. The predicted octanol–water partition coefficient (Wildman–Crippen LogP) is 3.24. The van der Waals surface area contributed by atoms with Crippen LogP contribution in [0.1, 0.15) is 43.0 Å². The molecule has 0 saturated heterocycles. The van der Waals surface area contributed by atoms with Crippen molar-refractivity contribution in [2.45, 2.75) is 32.6 Å². The van der Waals surface area contributed by atoms with Gasteiger partial charge < -0.3 is 10.1 Å². The van der Waals surface area contributed by atoms with Crippen LogP contribution in [0, 0.1) is 17.8 Å². The lowest BCUT2D eigenvalue weighted by atomic mass is 9.88. The monoisotopic (exact) mass is 287 g/mol. The summed E-state index contributed by atoms with van der Waals surface area (Å²) in [6.07, 6.45) is 4.70. The molecule has 2 saturated carbocycles. The number of rotatable bonds is 4. The van der Waals surface area contributed by atoms with E-state index in [0.29, 0.717) is 23.8 Å². The standard InChI is InChI=1S/C17H21NO3/c1-2-21-17(20)13-4-3-5-14(10-13)18-16(19)15-9-11-6-7-12(15)8-11/h3-5,10-12,15H,2,6-9H2,1H3,(H,18,19). The van der Waals surface area contributed by atoms with Gasteiger partial charge in [-0.1, -0.05) is 12.5 Å². The van der Waals surface area contributed by atoms with Crippen LogP contribution in [0.4, 0.5) is 5.69 Å². The van der Waals surface area contributed by atoms with E-state index < -0.39 is 0 Å². The van der Waals surface area contributed by atoms with Gasteiger partial charge in [-0.3, -0.25) is 4.79 Å². The van der Waals surface area contributed by atoms with E-state index in [0.717, 1.165) is 12.3 Å². The molecule has 3 unspecified atom stereocenters. The molecular weight excluding hydrogens is 266 g/mol. The number of hydrogen-bond acceptors (Lipinski definition) is 3. The number of nitrogens with one attached hydrogen (secondary N) is 1. The van der Waals surface area contributed by atoms with Gasteiger partial charge in [0.15, 0.2) is 0 Å². The van der Waals surface area contributed by atoms with E-state index in [9.17, 15) is 9.59 Å². The Morgan fingerprint density at radius 2 is 2.14 bits per heavy atom. The van der Waals surface area contributed by atoms with Crippen LogP contribution in [-0.4, -0.2) is 18.5 Å². The van der Waals surface area contributed by atoms with Crippen LogP contribution < -0.4 is 5.32 Å². The highest BCUT2D eigenvalue weighted by Crippen LogP contribution is 2.48. The third-order valence-electron chi connectivity index (χ3n) is 4.72. The van der Waals surface area contributed by atoms with Gasteiger partial charge in [-0.2, -0.15) is 0 Å². The van der Waals surface area contributed by atoms with Crippen molar-refractivity contribution in [2.75, 3.05) is 11.9 Å². The maximum absolute atomic E-state index is 12.4. The Balaban J connectivity index is 1.66. The van der Waals surface area contributed by atoms with Crippen molar-refractivity contribution < 1.29 is 14.3 Å². The summed E-state index contributed by atoms with van der Waals surface area (Å²) >= 11 is 0. The highest BCUT2D eigenvalue weighted by molar-refractivity contribution is 5.95. The number of carbonyl (C=O) groups excluding carboxylic acids is 2. The molecule has 1 amide bonds. The molecule has 1 N–H and O–H groups in total. The van der Waals surface area contributed by atoms with Crippen molar-refractivity contribution in [3.8, 4) is 0 Å². The third-order valence-corrected chi connectivity index (χ3v) is 4.72. The number of esters is 1. The van der Waals surface area contributed by atoms with Gasteiger partial charge in [-0.05, 0) is 56.2 Å². The van der Waals surface area contributed by atoms with E-state index in [2.05, 4.69) is 5.32 Å². The zero-order valence-electron chi connectivity index (χ0n) is 12.3. The van der Waals surface area contributed by atoms with Crippen LogP contribution in [-0.2, 0) is 9.53 Å². The molecule has 1 aromatic carbocycles. The average Bonchev–Trinajstić information content (AvgIpc) is 3.10. The SMILES string of the molecule is CCOC(=O)c1cccc(NC(=O)C2CC3CCC2C3)c1. The first-order chi connectivity index (χ1) is 10.2. The topological polar surface area (TPSA) is 55.4 Å². The Morgan fingerprint density at radius 1 is 1.29 bits per heavy atom. The lowest BCUT2D eigenvalue weighted by Gasteiger charge is -2.20. The van der Waals surface area contributed by atoms with E-state index >= 15 is 0 Å². The smallest absolute Gasteiger partial charge is 0.338 e. The second kappa shape index (κ2) is 5.88. The first-order valence-electron chi connectivity index (χ1n) is 7.75. The molecule has 2 aliphatic rings. The predicted molar refractivity (Wildman–Crippen MR) is 80.0 cm³/mol. The molecule has 0 aromatic heterocycles. The van der Waals surface area contributed by atoms with Gasteiger partial charge in [-0.15, -0.1) is 0 Å². The number of fused-ring (bicyclic) bond motifs is 2. The minimum absolute atomic E-state index is 0.100. The fourth-order valence-electron chi connectivity index (χ4n) is 3.74. The minimum Gasteiger partial charge on any atom is -0.462 e. The van der Waals surface area contributed by atoms with Gasteiger partial charge in [-0.25, -0.2) is 4.79 Å². The van der Waals surface area contributed by atoms with Gasteiger partial charge in [0.1, 0.15) is 0 Å². The van der Waals surface area contributed by atoms with Crippen molar-refractivity contribution in [1.29, 1.82) is 0 Å². The van der Waals surface area contributed by atoms with Crippen LogP contribution in [0.25, 0.3) is 0 Å². The highest BCUT2D eigenvalue weighted by atomic mass is 16.5. The van der Waals surface area contributed by atoms with E-state index in [4.69, 9.17) is 4.74 Å². The van der Waals surface area contributed by atoms with Gasteiger partial charge >= 0.3 is 5.97 Å². The summed E-state index contributed by atoms with van der Waals surface area (Å²) in [5.74, 6) is 1.20. The Morgan fingerprint density at radius 3 is 2.81 bits per heavy atom. The van der Waals surface area contributed by atoms with Crippen molar-refractivity contribution in [3.05, 3.63) is 29.8 Å². The van der Waals surface area contributed by atoms with Crippen molar-refractivity contribution >= 4 is 17.6 Å². The maximum Gasteiger partial charge on any atom is 0.338 e. The molecule has 3 atom stereocenters. The molecule has 3 rings (SSSR count). The Kier molecular flexibility index (Phi) is 3.95. The number of benzene rings is 1. The second-order valence-electron chi connectivity index (χ2n) is 6.07. The zero-order chi connectivity index (χ0) is 14.8. The number of ether oxygens (including phenoxy) is 1. The van der Waals surface area contributed by atoms with Crippen LogP contribution in [0.2, 0.25) is 0 Å². The molecule has 0 aliphatic heterocycles. The summed E-state index contributed by atoms with van der Waals surface area (Å²) in [5.41, 5.74) is 1.15. The van der Waals surface area contributed by atoms with Gasteiger partial charge in [0, 0.05) is 11.6 Å². The van der Waals surface area contributed by atoms with Crippen molar-refractivity contribution in [2.24, 2.45) is 17.8 Å². The molecule has 0 radical (unpaired) electrons. The number of hydrogen-bond donors (Lipinski definition) is 1. The fourth-order valence-corrected chi connectivity index (χ4v) is 3.74. The number of amides is 1. The highest BCUT2D eigenvalue weighted by Gasteiger charge is 2.42. The minimum atomic E-state index is -0.353. The molecule has 2 bridgehead atoms. The fraction of sp³-hybridized carbons (Fsp3) is 0.529. The maximum atomic E-state index is 12.4. The molecule has 0 heterocycles. The molecule has 21 heavy (non-hydrogen) atoms. The van der Waals surface area contributed by atoms with Gasteiger partial charge in [0.25, 0.3) is 0 Å². The van der Waals surface area contributed by atoms with Crippen molar-refractivity contribution in [1.82, 2.24) is 0 Å². The Labute approximate surface area is 124 Å². The summed E-state index contributed by atoms with van der Waals surface area (Å²) in [4.78, 5) is 24.1. The summed E-state index contributed by atoms with van der Waals surface area (Å²) < 4.78 is 4.98. The molecule has 1 aromatic rings. The first-order valence-corrected chi connectivity index (χ1v) is 7.75. The summed E-state index contributed by atoms with van der Waals surface area (Å²) in [6, 6.07) is 6.96. The van der Waals surface area contributed by atoms with E-state index in [1.807, 2.05) is 6.07 Å². The molecule has 112 valence electrons. The summed E-state index contributed by atoms with van der Waals surface area (Å²) in [5, 5.41) is 2.96. The van der Waals surface area contributed by atoms with Gasteiger partial charge in [0.2, 0.25) is 5.91 Å². The molecular formula is C17H21NO3. The van der Waals surface area contributed by atoms with Crippen LogP contribution >= 0.6 is 0 Å². The first kappa shape index (κ1) is 14.1. The molecule has 0 spiro atoms. The molecule has 4 nitrogen and oxygen atoms in total.